The topological polar surface area (TPSA) is 32.3 Å². The normalized spacial score (nSPS) is 26.4. The minimum atomic E-state index is -0.890. The summed E-state index contributed by atoms with van der Waals surface area (Å²) in [5.74, 6) is -1.76. The summed E-state index contributed by atoms with van der Waals surface area (Å²) in [6, 6.07) is 3.78. The lowest BCUT2D eigenvalue weighted by Crippen LogP contribution is -2.43. The molecule has 1 aromatic rings. The van der Waals surface area contributed by atoms with E-state index in [0.717, 1.165) is 18.6 Å². The second-order valence-corrected chi connectivity index (χ2v) is 5.40. The fourth-order valence-corrected chi connectivity index (χ4v) is 2.55. The van der Waals surface area contributed by atoms with Crippen LogP contribution in [0.1, 0.15) is 45.3 Å². The number of nitrogens with zero attached hydrogens (tertiary/aromatic N) is 1. The largest absolute Gasteiger partial charge is 0.321 e. The first-order chi connectivity index (χ1) is 9.42. The van der Waals surface area contributed by atoms with Crippen molar-refractivity contribution < 1.29 is 13.6 Å². The third-order valence-electron chi connectivity index (χ3n) is 3.93. The minimum Gasteiger partial charge on any atom is -0.321 e. The molecule has 2 atom stereocenters. The Morgan fingerprint density at radius 1 is 1.30 bits per heavy atom. The molecule has 2 unspecified atom stereocenters. The molecule has 1 saturated heterocycles. The molecule has 1 aromatic carbocycles. The van der Waals surface area contributed by atoms with Gasteiger partial charge in [-0.2, -0.15) is 0 Å². The van der Waals surface area contributed by atoms with E-state index in [2.05, 4.69) is 5.32 Å². The number of rotatable bonds is 4. The van der Waals surface area contributed by atoms with Crippen molar-refractivity contribution in [1.82, 2.24) is 10.2 Å². The van der Waals surface area contributed by atoms with Crippen LogP contribution >= 0.6 is 0 Å². The molecule has 5 heteroatoms. The van der Waals surface area contributed by atoms with Gasteiger partial charge in [-0.3, -0.25) is 10.1 Å². The first-order valence-corrected chi connectivity index (χ1v) is 6.96. The van der Waals surface area contributed by atoms with Crippen molar-refractivity contribution in [2.75, 3.05) is 6.54 Å². The molecule has 110 valence electrons. The van der Waals surface area contributed by atoms with Gasteiger partial charge in [0.1, 0.15) is 6.17 Å². The molecule has 0 radical (unpaired) electrons. The molecule has 20 heavy (non-hydrogen) atoms. The van der Waals surface area contributed by atoms with Gasteiger partial charge in [-0.25, -0.2) is 8.78 Å². The molecule has 1 aliphatic heterocycles. The van der Waals surface area contributed by atoms with E-state index >= 15 is 0 Å². The lowest BCUT2D eigenvalue weighted by molar-refractivity contribution is -0.133. The number of hydrogen-bond acceptors (Lipinski definition) is 2. The van der Waals surface area contributed by atoms with Crippen molar-refractivity contribution in [3.8, 4) is 0 Å². The molecule has 3 nitrogen and oxygen atoms in total. The number of amides is 1. The number of benzene rings is 1. The van der Waals surface area contributed by atoms with Crippen molar-refractivity contribution in [2.45, 2.75) is 45.3 Å². The summed E-state index contributed by atoms with van der Waals surface area (Å²) in [6.07, 6.45) is 1.06. The molecular formula is C15H20F2N2O. The number of hydrogen-bond donors (Lipinski definition) is 1. The van der Waals surface area contributed by atoms with Gasteiger partial charge in [-0.1, -0.05) is 19.9 Å². The van der Waals surface area contributed by atoms with Crippen LogP contribution in [0.2, 0.25) is 0 Å². The zero-order valence-corrected chi connectivity index (χ0v) is 12.0. The van der Waals surface area contributed by atoms with Crippen LogP contribution in [0.5, 0.6) is 0 Å². The fraction of sp³-hybridized carbons (Fsp3) is 0.533. The monoisotopic (exact) mass is 282 g/mol. The van der Waals surface area contributed by atoms with Gasteiger partial charge in [0.2, 0.25) is 5.91 Å². The van der Waals surface area contributed by atoms with Crippen LogP contribution in [-0.4, -0.2) is 22.9 Å². The average Bonchev–Trinajstić information content (AvgIpc) is 2.68. The van der Waals surface area contributed by atoms with E-state index in [-0.39, 0.29) is 5.91 Å². The molecule has 0 bridgehead atoms. The van der Waals surface area contributed by atoms with Crippen LogP contribution in [0.15, 0.2) is 18.2 Å². The predicted octanol–water partition coefficient (Wildman–Crippen LogP) is 2.97. The third-order valence-corrected chi connectivity index (χ3v) is 3.93. The molecule has 0 spiro atoms. The summed E-state index contributed by atoms with van der Waals surface area (Å²) < 4.78 is 26.5. The minimum absolute atomic E-state index is 0.0107. The highest BCUT2D eigenvalue weighted by molar-refractivity contribution is 5.88. The number of carbonyl (C=O) groups is 1. The molecule has 0 saturated carbocycles. The summed E-state index contributed by atoms with van der Waals surface area (Å²) in [6.45, 7) is 6.35. The maximum absolute atomic E-state index is 13.4. The Morgan fingerprint density at radius 3 is 2.55 bits per heavy atom. The van der Waals surface area contributed by atoms with E-state index in [1.807, 2.05) is 20.8 Å². The van der Waals surface area contributed by atoms with Crippen molar-refractivity contribution in [3.05, 3.63) is 35.4 Å². The van der Waals surface area contributed by atoms with Crippen molar-refractivity contribution in [1.29, 1.82) is 0 Å². The van der Waals surface area contributed by atoms with Gasteiger partial charge in [-0.15, -0.1) is 0 Å². The zero-order valence-electron chi connectivity index (χ0n) is 12.0. The van der Waals surface area contributed by atoms with E-state index in [0.29, 0.717) is 18.5 Å². The Kier molecular flexibility index (Phi) is 4.09. The van der Waals surface area contributed by atoms with E-state index in [1.165, 1.54) is 6.07 Å². The van der Waals surface area contributed by atoms with E-state index in [9.17, 15) is 13.6 Å². The van der Waals surface area contributed by atoms with Crippen LogP contribution in [0.4, 0.5) is 8.78 Å². The first-order valence-electron chi connectivity index (χ1n) is 6.96. The van der Waals surface area contributed by atoms with Gasteiger partial charge in [0, 0.05) is 6.54 Å². The van der Waals surface area contributed by atoms with Gasteiger partial charge in [-0.05, 0) is 37.5 Å². The molecule has 1 fully saturated rings. The highest BCUT2D eigenvalue weighted by atomic mass is 19.2. The fourth-order valence-electron chi connectivity index (χ4n) is 2.55. The van der Waals surface area contributed by atoms with Gasteiger partial charge >= 0.3 is 0 Å². The molecular weight excluding hydrogens is 262 g/mol. The van der Waals surface area contributed by atoms with Gasteiger partial charge in [0.25, 0.3) is 0 Å². The average molecular weight is 282 g/mol. The van der Waals surface area contributed by atoms with Crippen LogP contribution in [0, 0.1) is 11.6 Å². The summed E-state index contributed by atoms with van der Waals surface area (Å²) in [5, 5.41) is 3.25. The Labute approximate surface area is 118 Å². The lowest BCUT2D eigenvalue weighted by Gasteiger charge is -2.24. The number of halogens is 2. The molecule has 1 aliphatic rings. The van der Waals surface area contributed by atoms with E-state index in [4.69, 9.17) is 0 Å². The van der Waals surface area contributed by atoms with Crippen molar-refractivity contribution in [2.24, 2.45) is 0 Å². The van der Waals surface area contributed by atoms with Crippen LogP contribution in [-0.2, 0) is 4.79 Å². The second-order valence-electron chi connectivity index (χ2n) is 5.40. The summed E-state index contributed by atoms with van der Waals surface area (Å²) in [5.41, 5.74) is -0.0760. The number of nitrogens with one attached hydrogen (secondary N) is 1. The van der Waals surface area contributed by atoms with Gasteiger partial charge in [0.05, 0.1) is 5.54 Å². The Hall–Kier alpha value is -1.49. The van der Waals surface area contributed by atoms with Crippen LogP contribution in [0.25, 0.3) is 0 Å². The molecule has 1 N–H and O–H groups in total. The van der Waals surface area contributed by atoms with Crippen molar-refractivity contribution >= 4 is 5.91 Å². The smallest absolute Gasteiger partial charge is 0.244 e. The quantitative estimate of drug-likeness (QED) is 0.920. The third kappa shape index (κ3) is 2.42. The van der Waals surface area contributed by atoms with E-state index in [1.54, 1.807) is 4.90 Å². The van der Waals surface area contributed by atoms with Crippen LogP contribution < -0.4 is 5.32 Å². The molecule has 0 aliphatic carbocycles. The number of carbonyl (C=O) groups excluding carboxylic acids is 1. The predicted molar refractivity (Wildman–Crippen MR) is 72.9 cm³/mol. The lowest BCUT2D eigenvalue weighted by atomic mass is 9.99. The SMILES string of the molecule is CCCN1C(=O)C(C)(CC)NC1c1ccc(F)c(F)c1. The van der Waals surface area contributed by atoms with Gasteiger partial charge in [0.15, 0.2) is 11.6 Å². The highest BCUT2D eigenvalue weighted by Crippen LogP contribution is 2.33. The maximum atomic E-state index is 13.4. The first kappa shape index (κ1) is 14.9. The second kappa shape index (κ2) is 5.48. The molecule has 1 amide bonds. The molecule has 1 heterocycles. The van der Waals surface area contributed by atoms with Crippen molar-refractivity contribution in [3.63, 3.8) is 0 Å². The Morgan fingerprint density at radius 2 is 2.00 bits per heavy atom. The standard InChI is InChI=1S/C15H20F2N2O/c1-4-8-19-13(18-15(3,5-2)14(19)20)10-6-7-11(16)12(17)9-10/h6-7,9,13,18H,4-5,8H2,1-3H3. The Balaban J connectivity index is 2.37. The van der Waals surface area contributed by atoms with Gasteiger partial charge < -0.3 is 4.90 Å². The summed E-state index contributed by atoms with van der Waals surface area (Å²) >= 11 is 0. The summed E-state index contributed by atoms with van der Waals surface area (Å²) in [4.78, 5) is 14.2. The Bertz CT molecular complexity index is 521. The summed E-state index contributed by atoms with van der Waals surface area (Å²) in [7, 11) is 0. The zero-order chi connectivity index (χ0) is 14.9. The van der Waals surface area contributed by atoms with Crippen LogP contribution in [0.3, 0.4) is 0 Å². The molecule has 0 aromatic heterocycles. The molecule has 2 rings (SSSR count). The highest BCUT2D eigenvalue weighted by Gasteiger charge is 2.46. The van der Waals surface area contributed by atoms with E-state index < -0.39 is 23.3 Å². The maximum Gasteiger partial charge on any atom is 0.244 e.